The molecule has 0 unspecified atom stereocenters. The zero-order chi connectivity index (χ0) is 54.3. The Hall–Kier alpha value is -6.00. The van der Waals surface area contributed by atoms with Crippen LogP contribution in [0.1, 0.15) is 194 Å². The van der Waals surface area contributed by atoms with Crippen molar-refractivity contribution in [2.45, 2.75) is 203 Å². The second-order valence-electron chi connectivity index (χ2n) is 20.7. The average molecular weight is 1010 g/mol. The fraction of sp³-hybridized carbons (Fsp3) is 0.437. The van der Waals surface area contributed by atoms with E-state index >= 15 is 0 Å². The topological polar surface area (TPSA) is 68.3 Å². The molecule has 0 N–H and O–H groups in total. The summed E-state index contributed by atoms with van der Waals surface area (Å²) in [6, 6.07) is 48.4. The maximum absolute atomic E-state index is 11.5. The van der Waals surface area contributed by atoms with Crippen LogP contribution in [0.5, 0.6) is 0 Å². The molecule has 0 aliphatic rings. The van der Waals surface area contributed by atoms with E-state index in [0.717, 1.165) is 57.3 Å². The van der Waals surface area contributed by atoms with Gasteiger partial charge in [-0.05, 0) is 152 Å². The smallest absolute Gasteiger partial charge is 0.181 e. The lowest BCUT2D eigenvalue weighted by molar-refractivity contribution is 0.544. The average Bonchev–Trinajstić information content (AvgIpc) is 3.84. The van der Waals surface area contributed by atoms with Gasteiger partial charge in [0.05, 0.1) is 0 Å². The van der Waals surface area contributed by atoms with Crippen LogP contribution in [0.2, 0.25) is 0 Å². The highest BCUT2D eigenvalue weighted by molar-refractivity contribution is 5.64. The molecule has 0 spiro atoms. The lowest BCUT2D eigenvalue weighted by Gasteiger charge is -2.03. The molecule has 0 atom stereocenters. The molecule has 0 aromatic heterocycles. The Balaban J connectivity index is 0.000000267. The lowest BCUT2D eigenvalue weighted by Crippen LogP contribution is -1.97. The summed E-state index contributed by atoms with van der Waals surface area (Å²) in [6.07, 6.45) is 32.6. The molecule has 402 valence electrons. The highest BCUT2D eigenvalue weighted by Crippen LogP contribution is 2.20. The number of hydrogen-bond donors (Lipinski definition) is 0. The van der Waals surface area contributed by atoms with E-state index in [0.29, 0.717) is 0 Å². The van der Waals surface area contributed by atoms with Gasteiger partial charge in [0.15, 0.2) is 21.7 Å². The van der Waals surface area contributed by atoms with Gasteiger partial charge < -0.3 is 0 Å². The van der Waals surface area contributed by atoms with Gasteiger partial charge in [0.1, 0.15) is 0 Å². The van der Waals surface area contributed by atoms with Crippen molar-refractivity contribution in [2.75, 3.05) is 0 Å². The highest BCUT2D eigenvalue weighted by atomic mass is 16.1. The Morgan fingerprint density at radius 2 is 0.533 bits per heavy atom. The number of aryl methyl sites for hydroxylation is 7. The van der Waals surface area contributed by atoms with E-state index < -0.39 is 0 Å². The summed E-state index contributed by atoms with van der Waals surface area (Å²) >= 11 is 0. The molecule has 6 aromatic carbocycles. The second-order valence-corrected chi connectivity index (χ2v) is 20.7. The molecule has 0 aliphatic carbocycles. The van der Waals surface area contributed by atoms with Gasteiger partial charge in [-0.1, -0.05) is 263 Å². The van der Waals surface area contributed by atoms with Crippen LogP contribution in [0.25, 0.3) is 22.3 Å². The minimum absolute atomic E-state index is 0.0807. The largest absolute Gasteiger partial charge is 0.290 e. The van der Waals surface area contributed by atoms with Crippen LogP contribution >= 0.6 is 0 Å². The van der Waals surface area contributed by atoms with Crippen LogP contribution < -0.4 is 21.7 Å². The Bertz CT molecular complexity index is 2730. The van der Waals surface area contributed by atoms with Crippen LogP contribution in [0.3, 0.4) is 0 Å². The third-order valence-corrected chi connectivity index (χ3v) is 13.9. The van der Waals surface area contributed by atoms with Gasteiger partial charge in [-0.25, -0.2) is 0 Å². The molecule has 0 fully saturated rings. The molecule has 0 aliphatic heterocycles. The Morgan fingerprint density at radius 3 is 0.880 bits per heavy atom. The maximum Gasteiger partial charge on any atom is 0.181 e. The van der Waals surface area contributed by atoms with Crippen LogP contribution in [-0.4, -0.2) is 0 Å². The zero-order valence-corrected chi connectivity index (χ0v) is 47.5. The summed E-state index contributed by atoms with van der Waals surface area (Å²) in [5.41, 5.74) is 12.0. The van der Waals surface area contributed by atoms with Gasteiger partial charge in [0.2, 0.25) is 0 Å². The molecule has 0 saturated heterocycles. The standard InChI is InChI=1S/C22H36O.C20H32O.C15H14O.C14H12O/c1-3-4-5-6-7-8-9-10-11-12-13-14-16-21-17-15-18-22(23)20(2)19-21;1-3-4-5-6-7-8-9-10-11-12-14-19-15-13-16-20(21)18(2)17-19;1-11-6-8-13(9-7-11)14-4-3-5-15(16)12(2)10-14;1-11-10-13(8-5-9-14(11)15)12-6-3-2-4-7-12/h15,17-19H,3-14,16H2,1-2H3;13,15-17H,3-12,14H2,1-2H3;3-10H,1-2H3;2-10H,1H3. The molecule has 0 saturated carbocycles. The SMILES string of the molecule is CCCCCCCCCCCCCCc1cccc(=O)c(C)c1.CCCCCCCCCCCCc1cccc(=O)c(C)c1.Cc1cc(-c2ccccc2)cccc1=O.Cc1ccc(-c2cccc(=O)c(C)c2)cc1. The number of hydrogen-bond acceptors (Lipinski definition) is 4. The van der Waals surface area contributed by atoms with Crippen LogP contribution in [0.4, 0.5) is 0 Å². The first-order valence-corrected chi connectivity index (χ1v) is 29.0. The fourth-order valence-corrected chi connectivity index (χ4v) is 9.06. The van der Waals surface area contributed by atoms with E-state index in [9.17, 15) is 19.2 Å². The number of benzene rings is 2. The number of rotatable bonds is 26. The summed E-state index contributed by atoms with van der Waals surface area (Å²) in [5, 5.41) is 0. The predicted molar refractivity (Wildman–Crippen MR) is 326 cm³/mol. The van der Waals surface area contributed by atoms with Gasteiger partial charge in [0, 0.05) is 0 Å². The maximum atomic E-state index is 11.5. The Morgan fingerprint density at radius 1 is 0.253 bits per heavy atom. The third kappa shape index (κ3) is 28.5. The Labute approximate surface area is 454 Å². The third-order valence-electron chi connectivity index (χ3n) is 13.9. The van der Waals surface area contributed by atoms with E-state index in [-0.39, 0.29) is 21.7 Å². The molecule has 75 heavy (non-hydrogen) atoms. The first-order valence-electron chi connectivity index (χ1n) is 29.0. The summed E-state index contributed by atoms with van der Waals surface area (Å²) in [5.74, 6) is 0. The molecular formula is C71H94O4. The Kier molecular flexibility index (Phi) is 33.3. The van der Waals surface area contributed by atoms with Crippen molar-refractivity contribution in [1.82, 2.24) is 0 Å². The van der Waals surface area contributed by atoms with E-state index in [1.165, 1.54) is 158 Å². The van der Waals surface area contributed by atoms with Gasteiger partial charge in [-0.2, -0.15) is 0 Å². The van der Waals surface area contributed by atoms with Crippen molar-refractivity contribution in [3.05, 3.63) is 231 Å². The first-order chi connectivity index (χ1) is 36.4. The molecule has 0 radical (unpaired) electrons. The van der Waals surface area contributed by atoms with Crippen LogP contribution in [0, 0.1) is 34.6 Å². The highest BCUT2D eigenvalue weighted by Gasteiger charge is 2.01. The summed E-state index contributed by atoms with van der Waals surface area (Å²) in [6.45, 7) is 14.1. The first kappa shape index (κ1) is 63.3. The molecule has 0 amide bonds. The summed E-state index contributed by atoms with van der Waals surface area (Å²) in [4.78, 5) is 45.9. The minimum atomic E-state index is 0.0807. The van der Waals surface area contributed by atoms with Crippen molar-refractivity contribution in [2.24, 2.45) is 0 Å². The van der Waals surface area contributed by atoms with Gasteiger partial charge >= 0.3 is 0 Å². The van der Waals surface area contributed by atoms with Crippen molar-refractivity contribution >= 4 is 0 Å². The normalized spacial score (nSPS) is 10.5. The van der Waals surface area contributed by atoms with Gasteiger partial charge in [-0.3, -0.25) is 19.2 Å². The van der Waals surface area contributed by atoms with E-state index in [4.69, 9.17) is 0 Å². The van der Waals surface area contributed by atoms with E-state index in [1.54, 1.807) is 30.3 Å². The minimum Gasteiger partial charge on any atom is -0.290 e. The molecule has 4 nitrogen and oxygen atoms in total. The van der Waals surface area contributed by atoms with Gasteiger partial charge in [-0.15, -0.1) is 0 Å². The second kappa shape index (κ2) is 39.4. The van der Waals surface area contributed by atoms with Crippen molar-refractivity contribution in [1.29, 1.82) is 0 Å². The zero-order valence-electron chi connectivity index (χ0n) is 47.5. The molecule has 0 heterocycles. The predicted octanol–water partition coefficient (Wildman–Crippen LogP) is 18.8. The molecule has 0 bridgehead atoms. The molecular weight excluding hydrogens is 917 g/mol. The molecule has 6 aromatic rings. The van der Waals surface area contributed by atoms with Crippen LogP contribution in [0.15, 0.2) is 171 Å². The van der Waals surface area contributed by atoms with E-state index in [2.05, 4.69) is 69.3 Å². The van der Waals surface area contributed by atoms with Crippen molar-refractivity contribution < 1.29 is 0 Å². The van der Waals surface area contributed by atoms with Crippen LogP contribution in [-0.2, 0) is 12.8 Å². The van der Waals surface area contributed by atoms with Gasteiger partial charge in [0.25, 0.3) is 0 Å². The van der Waals surface area contributed by atoms with E-state index in [1.807, 2.05) is 100 Å². The fourth-order valence-electron chi connectivity index (χ4n) is 9.06. The summed E-state index contributed by atoms with van der Waals surface area (Å²) in [7, 11) is 0. The quantitative estimate of drug-likeness (QED) is 0.0508. The van der Waals surface area contributed by atoms with Crippen molar-refractivity contribution in [3.63, 3.8) is 0 Å². The van der Waals surface area contributed by atoms with Crippen molar-refractivity contribution in [3.8, 4) is 22.3 Å². The lowest BCUT2D eigenvalue weighted by atomic mass is 10.0. The number of unbranched alkanes of at least 4 members (excludes halogenated alkanes) is 20. The monoisotopic (exact) mass is 1010 g/mol. The summed E-state index contributed by atoms with van der Waals surface area (Å²) < 4.78 is 0. The molecule has 4 heteroatoms. The molecule has 6 rings (SSSR count).